The summed E-state index contributed by atoms with van der Waals surface area (Å²) in [6.07, 6.45) is 2.22. The van der Waals surface area contributed by atoms with E-state index in [-0.39, 0.29) is 5.69 Å². The number of nitrogens with two attached hydrogens (primary N) is 2. The molecule has 0 unspecified atom stereocenters. The van der Waals surface area contributed by atoms with Crippen LogP contribution < -0.4 is 11.5 Å². The van der Waals surface area contributed by atoms with Crippen LogP contribution in [0.3, 0.4) is 0 Å². The number of nitrogen functional groups attached to an aromatic ring is 1. The number of rotatable bonds is 4. The van der Waals surface area contributed by atoms with E-state index in [1.165, 1.54) is 4.68 Å². The molecule has 2 rings (SSSR count). The molecule has 1 amide bonds. The molecule has 0 fully saturated rings. The number of carbonyl (C=O) groups is 1. The smallest absolute Gasteiger partial charge is 0.269 e. The maximum atomic E-state index is 11.4. The monoisotopic (exact) mass is 246 g/mol. The Kier molecular flexibility index (Phi) is 3.22. The molecular formula is C11H14N6O. The second-order valence-corrected chi connectivity index (χ2v) is 3.80. The van der Waals surface area contributed by atoms with Crippen molar-refractivity contribution in [1.29, 1.82) is 0 Å². The number of aromatic nitrogens is 4. The maximum absolute atomic E-state index is 11.4. The predicted molar refractivity (Wildman–Crippen MR) is 65.7 cm³/mol. The van der Waals surface area contributed by atoms with Gasteiger partial charge in [0.15, 0.2) is 0 Å². The van der Waals surface area contributed by atoms with Crippen molar-refractivity contribution in [3.05, 3.63) is 35.4 Å². The summed E-state index contributed by atoms with van der Waals surface area (Å²) in [6.45, 7) is 2.23. The van der Waals surface area contributed by atoms with Crippen LogP contribution in [0.25, 0.3) is 0 Å². The minimum absolute atomic E-state index is 0.220. The van der Waals surface area contributed by atoms with Gasteiger partial charge in [0.2, 0.25) is 0 Å². The van der Waals surface area contributed by atoms with E-state index in [1.54, 1.807) is 18.3 Å². The molecule has 2 heterocycles. The number of hydrogen-bond donors (Lipinski definition) is 2. The molecule has 0 radical (unpaired) electrons. The molecular weight excluding hydrogens is 232 g/mol. The van der Waals surface area contributed by atoms with Crippen LogP contribution in [0.15, 0.2) is 18.3 Å². The number of carbonyl (C=O) groups excluding carboxylic acids is 1. The van der Waals surface area contributed by atoms with Crippen LogP contribution in [0.4, 0.5) is 5.69 Å². The molecule has 7 heteroatoms. The van der Waals surface area contributed by atoms with Gasteiger partial charge in [0.05, 0.1) is 23.6 Å². The Morgan fingerprint density at radius 3 is 2.83 bits per heavy atom. The zero-order valence-electron chi connectivity index (χ0n) is 10.00. The highest BCUT2D eigenvalue weighted by molar-refractivity contribution is 5.96. The van der Waals surface area contributed by atoms with Crippen molar-refractivity contribution in [2.75, 3.05) is 5.73 Å². The van der Waals surface area contributed by atoms with Crippen LogP contribution in [0, 0.1) is 0 Å². The van der Waals surface area contributed by atoms with E-state index >= 15 is 0 Å². The average molecular weight is 246 g/mol. The Morgan fingerprint density at radius 2 is 2.28 bits per heavy atom. The number of amides is 1. The van der Waals surface area contributed by atoms with Crippen molar-refractivity contribution >= 4 is 11.6 Å². The Labute approximate surface area is 104 Å². The van der Waals surface area contributed by atoms with Crippen molar-refractivity contribution in [3.8, 4) is 0 Å². The molecule has 0 aromatic carbocycles. The highest BCUT2D eigenvalue weighted by Crippen LogP contribution is 2.18. The summed E-state index contributed by atoms with van der Waals surface area (Å²) in [5.74, 6) is -0.594. The van der Waals surface area contributed by atoms with Gasteiger partial charge in [-0.2, -0.15) is 15.3 Å². The van der Waals surface area contributed by atoms with Crippen LogP contribution >= 0.6 is 0 Å². The molecule has 18 heavy (non-hydrogen) atoms. The molecule has 0 atom stereocenters. The summed E-state index contributed by atoms with van der Waals surface area (Å²) in [4.78, 5) is 11.4. The highest BCUT2D eigenvalue weighted by Gasteiger charge is 2.18. The Hall–Kier alpha value is -2.44. The molecule has 0 aliphatic carbocycles. The van der Waals surface area contributed by atoms with Gasteiger partial charge in [0.25, 0.3) is 5.91 Å². The maximum Gasteiger partial charge on any atom is 0.269 e. The van der Waals surface area contributed by atoms with Crippen molar-refractivity contribution in [1.82, 2.24) is 20.0 Å². The van der Waals surface area contributed by atoms with Crippen LogP contribution in [0.5, 0.6) is 0 Å². The standard InChI is InChI=1S/C11H14N6O/c1-2-8-9(12)10(11(13)18)17(16-8)6-7-4-3-5-14-15-7/h3-5H,2,6,12H2,1H3,(H2,13,18). The summed E-state index contributed by atoms with van der Waals surface area (Å²) in [7, 11) is 0. The molecule has 0 saturated carbocycles. The van der Waals surface area contributed by atoms with Gasteiger partial charge in [0, 0.05) is 6.20 Å². The van der Waals surface area contributed by atoms with E-state index in [1.807, 2.05) is 6.92 Å². The molecule has 0 spiro atoms. The lowest BCUT2D eigenvalue weighted by Crippen LogP contribution is -2.20. The van der Waals surface area contributed by atoms with Crippen molar-refractivity contribution in [2.45, 2.75) is 19.9 Å². The zero-order valence-corrected chi connectivity index (χ0v) is 10.00. The van der Waals surface area contributed by atoms with E-state index in [0.29, 0.717) is 30.0 Å². The third kappa shape index (κ3) is 2.15. The first kappa shape index (κ1) is 12.0. The molecule has 0 bridgehead atoms. The fourth-order valence-corrected chi connectivity index (χ4v) is 1.73. The van der Waals surface area contributed by atoms with Crippen LogP contribution in [-0.4, -0.2) is 25.9 Å². The second-order valence-electron chi connectivity index (χ2n) is 3.80. The molecule has 94 valence electrons. The van der Waals surface area contributed by atoms with E-state index in [9.17, 15) is 4.79 Å². The van der Waals surface area contributed by atoms with E-state index < -0.39 is 5.91 Å². The van der Waals surface area contributed by atoms with Gasteiger partial charge in [-0.3, -0.25) is 9.48 Å². The Balaban J connectivity index is 2.41. The van der Waals surface area contributed by atoms with Crippen LogP contribution in [-0.2, 0) is 13.0 Å². The summed E-state index contributed by atoms with van der Waals surface area (Å²) < 4.78 is 1.47. The van der Waals surface area contributed by atoms with E-state index in [4.69, 9.17) is 11.5 Å². The number of primary amides is 1. The van der Waals surface area contributed by atoms with Crippen molar-refractivity contribution in [2.24, 2.45) is 5.73 Å². The van der Waals surface area contributed by atoms with Gasteiger partial charge < -0.3 is 11.5 Å². The highest BCUT2D eigenvalue weighted by atomic mass is 16.1. The SMILES string of the molecule is CCc1nn(Cc2cccnn2)c(C(N)=O)c1N. The van der Waals surface area contributed by atoms with Gasteiger partial charge in [-0.1, -0.05) is 6.92 Å². The van der Waals surface area contributed by atoms with E-state index in [2.05, 4.69) is 15.3 Å². The Bertz CT molecular complexity index is 562. The summed E-state index contributed by atoms with van der Waals surface area (Å²) in [6, 6.07) is 3.56. The van der Waals surface area contributed by atoms with Gasteiger partial charge in [-0.25, -0.2) is 0 Å². The minimum Gasteiger partial charge on any atom is -0.395 e. The zero-order chi connectivity index (χ0) is 13.1. The average Bonchev–Trinajstić information content (AvgIpc) is 2.66. The summed E-state index contributed by atoms with van der Waals surface area (Å²) in [5.41, 5.74) is 13.1. The van der Waals surface area contributed by atoms with Gasteiger partial charge in [-0.05, 0) is 18.6 Å². The van der Waals surface area contributed by atoms with Crippen molar-refractivity contribution in [3.63, 3.8) is 0 Å². The van der Waals surface area contributed by atoms with Gasteiger partial charge >= 0.3 is 0 Å². The fourth-order valence-electron chi connectivity index (χ4n) is 1.73. The molecule has 2 aromatic heterocycles. The number of nitrogens with zero attached hydrogens (tertiary/aromatic N) is 4. The Morgan fingerprint density at radius 1 is 1.50 bits per heavy atom. The number of hydrogen-bond acceptors (Lipinski definition) is 5. The second kappa shape index (κ2) is 4.82. The lowest BCUT2D eigenvalue weighted by Gasteiger charge is -2.03. The third-order valence-corrected chi connectivity index (χ3v) is 2.57. The van der Waals surface area contributed by atoms with E-state index in [0.717, 1.165) is 0 Å². The first-order valence-corrected chi connectivity index (χ1v) is 5.55. The third-order valence-electron chi connectivity index (χ3n) is 2.57. The molecule has 0 aliphatic rings. The number of anilines is 1. The lowest BCUT2D eigenvalue weighted by molar-refractivity contribution is 0.0991. The number of aryl methyl sites for hydroxylation is 1. The molecule has 4 N–H and O–H groups in total. The van der Waals surface area contributed by atoms with Gasteiger partial charge in [0.1, 0.15) is 5.69 Å². The van der Waals surface area contributed by atoms with Crippen LogP contribution in [0.1, 0.15) is 28.8 Å². The topological polar surface area (TPSA) is 113 Å². The first-order valence-electron chi connectivity index (χ1n) is 5.55. The first-order chi connectivity index (χ1) is 8.63. The van der Waals surface area contributed by atoms with Gasteiger partial charge in [-0.15, -0.1) is 0 Å². The molecule has 0 aliphatic heterocycles. The lowest BCUT2D eigenvalue weighted by atomic mass is 10.2. The summed E-state index contributed by atoms with van der Waals surface area (Å²) >= 11 is 0. The molecule has 7 nitrogen and oxygen atoms in total. The fraction of sp³-hybridized carbons (Fsp3) is 0.273. The largest absolute Gasteiger partial charge is 0.395 e. The van der Waals surface area contributed by atoms with Crippen LogP contribution in [0.2, 0.25) is 0 Å². The predicted octanol–water partition coefficient (Wildman–Crippen LogP) is -0.0351. The molecule has 2 aromatic rings. The molecule has 0 saturated heterocycles. The quantitative estimate of drug-likeness (QED) is 0.786. The minimum atomic E-state index is -0.594. The normalized spacial score (nSPS) is 10.5. The summed E-state index contributed by atoms with van der Waals surface area (Å²) in [5, 5.41) is 12.0. The van der Waals surface area contributed by atoms with Crippen molar-refractivity contribution < 1.29 is 4.79 Å².